The number of carbonyl (C=O) groups is 2. The summed E-state index contributed by atoms with van der Waals surface area (Å²) >= 11 is 6.08. The molecule has 2 aromatic rings. The molecule has 1 heterocycles. The van der Waals surface area contributed by atoms with Gasteiger partial charge in [0.2, 0.25) is 11.8 Å². The second-order valence-corrected chi connectivity index (χ2v) is 9.19. The summed E-state index contributed by atoms with van der Waals surface area (Å²) in [4.78, 5) is 26.6. The number of nitrogens with zero attached hydrogens (tertiary/aromatic N) is 2. The number of fused-ring (bicyclic) bond motifs is 1. The Morgan fingerprint density at radius 1 is 1.32 bits per heavy atom. The van der Waals surface area contributed by atoms with Crippen molar-refractivity contribution in [2.75, 3.05) is 10.2 Å². The van der Waals surface area contributed by atoms with Gasteiger partial charge in [0, 0.05) is 24.3 Å². The summed E-state index contributed by atoms with van der Waals surface area (Å²) in [5, 5.41) is 12.0. The van der Waals surface area contributed by atoms with E-state index < -0.39 is 35.6 Å². The van der Waals surface area contributed by atoms with E-state index in [0.29, 0.717) is 21.7 Å². The van der Waals surface area contributed by atoms with Crippen molar-refractivity contribution in [2.45, 2.75) is 51.7 Å². The Morgan fingerprint density at radius 3 is 2.68 bits per heavy atom. The maximum absolute atomic E-state index is 15.5. The van der Waals surface area contributed by atoms with E-state index in [1.165, 1.54) is 24.0 Å². The van der Waals surface area contributed by atoms with Gasteiger partial charge in [-0.25, -0.2) is 13.2 Å². The molecular weight excluding hydrogens is 471 g/mol. The Morgan fingerprint density at radius 2 is 2.03 bits per heavy atom. The predicted molar refractivity (Wildman–Crippen MR) is 120 cm³/mol. The van der Waals surface area contributed by atoms with Crippen LogP contribution in [0, 0.1) is 30.0 Å². The van der Waals surface area contributed by atoms with E-state index in [0.717, 1.165) is 0 Å². The molecule has 1 atom stereocenters. The number of benzene rings is 2. The lowest BCUT2D eigenvalue weighted by atomic mass is 9.79. The smallest absolute Gasteiger partial charge is 0.268 e. The van der Waals surface area contributed by atoms with Crippen molar-refractivity contribution >= 4 is 34.8 Å². The molecule has 4 rings (SSSR count). The van der Waals surface area contributed by atoms with Crippen LogP contribution in [0.3, 0.4) is 0 Å². The molecule has 10 heteroatoms. The minimum Gasteiger partial charge on any atom is -0.476 e. The molecule has 2 amide bonds. The molecule has 6 nitrogen and oxygen atoms in total. The van der Waals surface area contributed by atoms with Crippen LogP contribution in [0.25, 0.3) is 0 Å². The zero-order valence-corrected chi connectivity index (χ0v) is 19.2. The van der Waals surface area contributed by atoms with Crippen molar-refractivity contribution in [3.63, 3.8) is 0 Å². The highest BCUT2D eigenvalue weighted by molar-refractivity contribution is 6.30. The van der Waals surface area contributed by atoms with Crippen LogP contribution < -0.4 is 15.0 Å². The minimum atomic E-state index is -2.74. The number of rotatable bonds is 5. The number of nitriles is 1. The Hall–Kier alpha value is -3.25. The van der Waals surface area contributed by atoms with Crippen molar-refractivity contribution in [3.05, 3.63) is 51.8 Å². The van der Waals surface area contributed by atoms with Crippen molar-refractivity contribution in [1.29, 1.82) is 5.26 Å². The highest BCUT2D eigenvalue weighted by atomic mass is 35.5. The molecule has 0 aromatic heterocycles. The van der Waals surface area contributed by atoms with Crippen LogP contribution in [0.5, 0.6) is 5.75 Å². The summed E-state index contributed by atoms with van der Waals surface area (Å²) in [6.45, 7) is 3.06. The van der Waals surface area contributed by atoms with Gasteiger partial charge < -0.3 is 15.0 Å². The van der Waals surface area contributed by atoms with Crippen molar-refractivity contribution < 1.29 is 27.5 Å². The Bertz CT molecular complexity index is 1220. The second kappa shape index (κ2) is 8.84. The molecule has 1 fully saturated rings. The molecule has 178 valence electrons. The summed E-state index contributed by atoms with van der Waals surface area (Å²) in [7, 11) is 0. The second-order valence-electron chi connectivity index (χ2n) is 8.76. The highest BCUT2D eigenvalue weighted by Crippen LogP contribution is 2.45. The number of aryl methyl sites for hydroxylation is 1. The van der Waals surface area contributed by atoms with Crippen molar-refractivity contribution in [2.24, 2.45) is 5.92 Å². The fourth-order valence-corrected chi connectivity index (χ4v) is 4.56. The number of carbonyl (C=O) groups excluding carboxylic acids is 2. The molecule has 1 N–H and O–H groups in total. The number of amides is 2. The van der Waals surface area contributed by atoms with Crippen LogP contribution in [-0.2, 0) is 16.1 Å². The number of hydrogen-bond acceptors (Lipinski definition) is 4. The highest BCUT2D eigenvalue weighted by Gasteiger charge is 2.45. The van der Waals surface area contributed by atoms with Crippen LogP contribution in [0.1, 0.15) is 42.9 Å². The topological polar surface area (TPSA) is 82.4 Å². The van der Waals surface area contributed by atoms with Crippen molar-refractivity contribution in [1.82, 2.24) is 0 Å². The molecule has 2 aliphatic rings. The summed E-state index contributed by atoms with van der Waals surface area (Å²) in [6, 6.07) is 8.20. The summed E-state index contributed by atoms with van der Waals surface area (Å²) in [6.07, 6.45) is -1.86. The van der Waals surface area contributed by atoms with Gasteiger partial charge in [-0.15, -0.1) is 0 Å². The number of halogens is 4. The Kier molecular flexibility index (Phi) is 6.21. The van der Waals surface area contributed by atoms with Crippen molar-refractivity contribution in [3.8, 4) is 11.8 Å². The molecular formula is C24H21ClF3N3O3. The number of hydrogen-bond donors (Lipinski definition) is 1. The summed E-state index contributed by atoms with van der Waals surface area (Å²) in [5.41, 5.74) is 1.29. The van der Waals surface area contributed by atoms with Crippen LogP contribution in [0.15, 0.2) is 24.3 Å². The Labute approximate surface area is 199 Å². The molecule has 1 aliphatic carbocycles. The number of nitrogens with one attached hydrogen (secondary N) is 1. The van der Waals surface area contributed by atoms with Gasteiger partial charge in [0.1, 0.15) is 0 Å². The number of ether oxygens (including phenoxy) is 1. The summed E-state index contributed by atoms with van der Waals surface area (Å²) < 4.78 is 47.1. The van der Waals surface area contributed by atoms with Crippen LogP contribution >= 0.6 is 11.6 Å². The van der Waals surface area contributed by atoms with E-state index in [2.05, 4.69) is 5.32 Å². The van der Waals surface area contributed by atoms with Crippen LogP contribution in [0.2, 0.25) is 5.02 Å². The molecule has 34 heavy (non-hydrogen) atoms. The largest absolute Gasteiger partial charge is 0.476 e. The number of anilines is 2. The van der Waals surface area contributed by atoms with E-state index in [1.807, 2.05) is 6.07 Å². The first-order valence-corrected chi connectivity index (χ1v) is 11.0. The molecule has 0 bridgehead atoms. The van der Waals surface area contributed by atoms with Gasteiger partial charge in [0.05, 0.1) is 29.6 Å². The maximum Gasteiger partial charge on any atom is 0.268 e. The molecule has 1 unspecified atom stereocenters. The lowest BCUT2D eigenvalue weighted by Crippen LogP contribution is -2.44. The van der Waals surface area contributed by atoms with Crippen LogP contribution in [0.4, 0.5) is 24.5 Å². The van der Waals surface area contributed by atoms with Gasteiger partial charge in [-0.05, 0) is 55.2 Å². The fourth-order valence-electron chi connectivity index (χ4n) is 4.31. The predicted octanol–water partition coefficient (Wildman–Crippen LogP) is 5.35. The first kappa shape index (κ1) is 23.9. The SMILES string of the molecule is Cc1cc2c(c(F)c1NC(=O)CC1CC(F)(F)C1)OC(C)C(=O)N2Cc1cc(Cl)cc(C#N)c1. The van der Waals surface area contributed by atoms with Gasteiger partial charge in [-0.1, -0.05) is 11.6 Å². The molecule has 0 radical (unpaired) electrons. The van der Waals surface area contributed by atoms with Gasteiger partial charge >= 0.3 is 0 Å². The molecule has 0 spiro atoms. The lowest BCUT2D eigenvalue weighted by Gasteiger charge is -2.35. The third-order valence-electron chi connectivity index (χ3n) is 5.94. The summed E-state index contributed by atoms with van der Waals surface area (Å²) in [5.74, 6) is -5.22. The van der Waals surface area contributed by atoms with E-state index in [-0.39, 0.29) is 42.9 Å². The minimum absolute atomic E-state index is 0.0231. The Balaban J connectivity index is 1.62. The van der Waals surface area contributed by atoms with E-state index in [1.54, 1.807) is 19.1 Å². The standard InChI is InChI=1S/C24H21ClF3N3O3/c1-12-3-18-22(20(26)21(12)30-19(32)7-16-8-24(27,28)9-16)34-13(2)23(33)31(18)11-15-4-14(10-29)5-17(25)6-15/h3-6,13,16H,7-9,11H2,1-2H3,(H,30,32). The van der Waals surface area contributed by atoms with Gasteiger partial charge in [0.25, 0.3) is 5.91 Å². The average Bonchev–Trinajstić information content (AvgIpc) is 2.73. The molecule has 1 aliphatic heterocycles. The number of alkyl halides is 2. The monoisotopic (exact) mass is 491 g/mol. The first-order valence-electron chi connectivity index (χ1n) is 10.7. The van der Waals surface area contributed by atoms with Gasteiger partial charge in [-0.3, -0.25) is 9.59 Å². The third kappa shape index (κ3) is 4.68. The van der Waals surface area contributed by atoms with Crippen LogP contribution in [-0.4, -0.2) is 23.8 Å². The zero-order valence-electron chi connectivity index (χ0n) is 18.4. The molecule has 2 aromatic carbocycles. The quantitative estimate of drug-likeness (QED) is 0.611. The van der Waals surface area contributed by atoms with E-state index in [9.17, 15) is 23.6 Å². The maximum atomic E-state index is 15.5. The van der Waals surface area contributed by atoms with Gasteiger partial charge in [0.15, 0.2) is 17.7 Å². The molecule has 1 saturated carbocycles. The van der Waals surface area contributed by atoms with E-state index in [4.69, 9.17) is 16.3 Å². The van der Waals surface area contributed by atoms with Gasteiger partial charge in [-0.2, -0.15) is 5.26 Å². The van der Waals surface area contributed by atoms with E-state index >= 15 is 4.39 Å². The third-order valence-corrected chi connectivity index (χ3v) is 6.16. The first-order chi connectivity index (χ1) is 16.0. The fraction of sp³-hybridized carbons (Fsp3) is 0.375. The molecule has 0 saturated heterocycles. The zero-order chi connectivity index (χ0) is 24.8. The average molecular weight is 492 g/mol. The lowest BCUT2D eigenvalue weighted by molar-refractivity contribution is -0.130. The normalized spacial score (nSPS) is 19.0.